The van der Waals surface area contributed by atoms with E-state index in [0.717, 1.165) is 31.0 Å². The number of amides is 3. The molecular formula is C27H37ClN6O4. The van der Waals surface area contributed by atoms with Crippen molar-refractivity contribution in [2.45, 2.75) is 71.6 Å². The van der Waals surface area contributed by atoms with E-state index in [-0.39, 0.29) is 35.5 Å². The summed E-state index contributed by atoms with van der Waals surface area (Å²) in [6.07, 6.45) is 8.93. The molecule has 0 radical (unpaired) electrons. The summed E-state index contributed by atoms with van der Waals surface area (Å²) < 4.78 is 0. The molecule has 11 heteroatoms. The zero-order valence-electron chi connectivity index (χ0n) is 22.7. The van der Waals surface area contributed by atoms with Gasteiger partial charge in [-0.05, 0) is 63.7 Å². The van der Waals surface area contributed by atoms with Gasteiger partial charge in [0.05, 0.1) is 11.2 Å². The highest BCUT2D eigenvalue weighted by Gasteiger charge is 2.50. The van der Waals surface area contributed by atoms with E-state index in [1.165, 1.54) is 29.4 Å². The topological polar surface area (TPSA) is 99.2 Å². The summed E-state index contributed by atoms with van der Waals surface area (Å²) in [6, 6.07) is -0.721. The molecule has 0 bridgehead atoms. The Kier molecular flexibility index (Phi) is 8.85. The zero-order chi connectivity index (χ0) is 27.6. The van der Waals surface area contributed by atoms with Crippen LogP contribution in [-0.4, -0.2) is 85.8 Å². The highest BCUT2D eigenvalue weighted by atomic mass is 35.5. The molecule has 1 aromatic rings. The molecule has 0 saturated carbocycles. The minimum absolute atomic E-state index is 0.0125. The fourth-order valence-electron chi connectivity index (χ4n) is 5.06. The SMILES string of the molecule is CC(C)C[C@H]1ON(C(=O)/C=C/c2ncc(Cl)cn2)C2=CN(C3CCN(C)CC3)C(=O)[C@H](CC(C)C)N2C1=O. The average Bonchev–Trinajstić information content (AvgIpc) is 2.86. The highest BCUT2D eigenvalue weighted by Crippen LogP contribution is 2.35. The maximum absolute atomic E-state index is 13.9. The van der Waals surface area contributed by atoms with E-state index < -0.39 is 18.1 Å². The van der Waals surface area contributed by atoms with Gasteiger partial charge in [-0.3, -0.25) is 24.1 Å². The van der Waals surface area contributed by atoms with Crippen LogP contribution < -0.4 is 0 Å². The Balaban J connectivity index is 1.73. The monoisotopic (exact) mass is 544 g/mol. The Bertz CT molecular complexity index is 1100. The van der Waals surface area contributed by atoms with Gasteiger partial charge in [-0.2, -0.15) is 5.06 Å². The van der Waals surface area contributed by atoms with Gasteiger partial charge in [0.25, 0.3) is 11.8 Å². The number of carbonyl (C=O) groups excluding carboxylic acids is 3. The predicted octanol–water partition coefficient (Wildman–Crippen LogP) is 3.31. The predicted molar refractivity (Wildman–Crippen MR) is 143 cm³/mol. The van der Waals surface area contributed by atoms with E-state index in [1.54, 1.807) is 11.1 Å². The molecule has 2 saturated heterocycles. The second-order valence-electron chi connectivity index (χ2n) is 11.1. The van der Waals surface area contributed by atoms with Crippen LogP contribution in [0.3, 0.4) is 0 Å². The van der Waals surface area contributed by atoms with Gasteiger partial charge in [-0.15, -0.1) is 0 Å². The molecule has 4 heterocycles. The first-order chi connectivity index (χ1) is 18.0. The number of hydroxylamine groups is 2. The first-order valence-electron chi connectivity index (χ1n) is 13.3. The minimum atomic E-state index is -0.881. The summed E-state index contributed by atoms with van der Waals surface area (Å²) in [5, 5.41) is 1.54. The number of aromatic nitrogens is 2. The molecule has 1 aromatic heterocycles. The number of fused-ring (bicyclic) bond motifs is 1. The van der Waals surface area contributed by atoms with Gasteiger partial charge in [0.1, 0.15) is 6.04 Å². The molecule has 38 heavy (non-hydrogen) atoms. The van der Waals surface area contributed by atoms with E-state index >= 15 is 0 Å². The van der Waals surface area contributed by atoms with Gasteiger partial charge in [-0.1, -0.05) is 39.3 Å². The highest BCUT2D eigenvalue weighted by molar-refractivity contribution is 6.30. The number of likely N-dealkylation sites (tertiary alicyclic amines) is 1. The normalized spacial score (nSPS) is 23.6. The Morgan fingerprint density at radius 1 is 1.08 bits per heavy atom. The largest absolute Gasteiger partial charge is 0.310 e. The van der Waals surface area contributed by atoms with Crippen LogP contribution >= 0.6 is 11.6 Å². The molecule has 0 spiro atoms. The lowest BCUT2D eigenvalue weighted by atomic mass is 9.95. The lowest BCUT2D eigenvalue weighted by molar-refractivity contribution is -0.226. The maximum Gasteiger partial charge on any atom is 0.276 e. The molecule has 0 aromatic carbocycles. The van der Waals surface area contributed by atoms with Crippen LogP contribution in [0.2, 0.25) is 5.02 Å². The van der Waals surface area contributed by atoms with Crippen LogP contribution in [0.5, 0.6) is 0 Å². The average molecular weight is 545 g/mol. The van der Waals surface area contributed by atoms with Gasteiger partial charge in [0.15, 0.2) is 17.7 Å². The van der Waals surface area contributed by atoms with Crippen LogP contribution in [0.25, 0.3) is 6.08 Å². The van der Waals surface area contributed by atoms with Gasteiger partial charge >= 0.3 is 0 Å². The summed E-state index contributed by atoms with van der Waals surface area (Å²) in [6.45, 7) is 9.77. The van der Waals surface area contributed by atoms with Crippen molar-refractivity contribution in [3.8, 4) is 0 Å². The molecule has 0 N–H and O–H groups in total. The number of carbonyl (C=O) groups is 3. The number of rotatable bonds is 7. The third kappa shape index (κ3) is 6.24. The maximum atomic E-state index is 13.9. The number of piperidine rings is 1. The molecule has 206 valence electrons. The molecule has 2 fully saturated rings. The van der Waals surface area contributed by atoms with E-state index in [9.17, 15) is 14.4 Å². The number of nitrogens with zero attached hydrogens (tertiary/aromatic N) is 6. The fraction of sp³-hybridized carbons (Fsp3) is 0.593. The molecule has 0 aliphatic carbocycles. The summed E-state index contributed by atoms with van der Waals surface area (Å²) >= 11 is 5.87. The molecule has 0 unspecified atom stereocenters. The van der Waals surface area contributed by atoms with E-state index in [1.807, 2.05) is 27.7 Å². The Labute approximate surface area is 229 Å². The molecule has 4 rings (SSSR count). The van der Waals surface area contributed by atoms with E-state index in [4.69, 9.17) is 16.4 Å². The van der Waals surface area contributed by atoms with Crippen molar-refractivity contribution in [2.75, 3.05) is 20.1 Å². The molecule has 10 nitrogen and oxygen atoms in total. The third-order valence-corrected chi connectivity index (χ3v) is 7.18. The number of hydrogen-bond acceptors (Lipinski definition) is 7. The van der Waals surface area contributed by atoms with Crippen LogP contribution in [0, 0.1) is 11.8 Å². The van der Waals surface area contributed by atoms with Crippen molar-refractivity contribution in [1.29, 1.82) is 0 Å². The van der Waals surface area contributed by atoms with Gasteiger partial charge in [-0.25, -0.2) is 9.97 Å². The Morgan fingerprint density at radius 3 is 2.32 bits per heavy atom. The quantitative estimate of drug-likeness (QED) is 0.485. The van der Waals surface area contributed by atoms with Crippen molar-refractivity contribution in [2.24, 2.45) is 11.8 Å². The van der Waals surface area contributed by atoms with Crippen molar-refractivity contribution in [3.63, 3.8) is 0 Å². The van der Waals surface area contributed by atoms with E-state index in [0.29, 0.717) is 23.7 Å². The summed E-state index contributed by atoms with van der Waals surface area (Å²) in [7, 11) is 2.07. The molecule has 3 aliphatic heterocycles. The van der Waals surface area contributed by atoms with Crippen molar-refractivity contribution in [3.05, 3.63) is 41.3 Å². The fourth-order valence-corrected chi connectivity index (χ4v) is 5.16. The first-order valence-corrected chi connectivity index (χ1v) is 13.6. The lowest BCUT2D eigenvalue weighted by Crippen LogP contribution is -2.64. The van der Waals surface area contributed by atoms with Crippen LogP contribution in [-0.2, 0) is 19.2 Å². The molecular weight excluding hydrogens is 508 g/mol. The Hall–Kier alpha value is -2.82. The van der Waals surface area contributed by atoms with Gasteiger partial charge in [0, 0.05) is 24.5 Å². The lowest BCUT2D eigenvalue weighted by Gasteiger charge is -2.49. The van der Waals surface area contributed by atoms with Crippen molar-refractivity contribution >= 4 is 35.4 Å². The second kappa shape index (κ2) is 11.9. The first kappa shape index (κ1) is 28.2. The summed E-state index contributed by atoms with van der Waals surface area (Å²) in [4.78, 5) is 60.8. The summed E-state index contributed by atoms with van der Waals surface area (Å²) in [5.41, 5.74) is 0. The second-order valence-corrected chi connectivity index (χ2v) is 11.5. The van der Waals surface area contributed by atoms with Gasteiger partial charge < -0.3 is 9.80 Å². The molecule has 3 aliphatic rings. The smallest absolute Gasteiger partial charge is 0.276 e. The molecule has 2 atom stereocenters. The third-order valence-electron chi connectivity index (χ3n) is 6.98. The van der Waals surface area contributed by atoms with Crippen molar-refractivity contribution < 1.29 is 19.2 Å². The van der Waals surface area contributed by atoms with Crippen LogP contribution in [0.4, 0.5) is 0 Å². The van der Waals surface area contributed by atoms with Crippen LogP contribution in [0.15, 0.2) is 30.5 Å². The number of hydrogen-bond donors (Lipinski definition) is 0. The zero-order valence-corrected chi connectivity index (χ0v) is 23.5. The van der Waals surface area contributed by atoms with Crippen molar-refractivity contribution in [1.82, 2.24) is 29.7 Å². The van der Waals surface area contributed by atoms with E-state index in [2.05, 4.69) is 21.9 Å². The summed E-state index contributed by atoms with van der Waals surface area (Å²) in [5.74, 6) is -0.0102. The van der Waals surface area contributed by atoms with Crippen LogP contribution in [0.1, 0.15) is 59.2 Å². The van der Waals surface area contributed by atoms with Gasteiger partial charge in [0.2, 0.25) is 5.91 Å². The standard InChI is InChI=1S/C27H37ClN6O4/c1-17(2)12-21-26(36)32(20-8-10-31(5)11-9-20)16-24-33(21)27(37)22(13-18(3)4)38-34(24)25(35)7-6-23-29-14-19(28)15-30-23/h6-7,14-18,20-22H,8-13H2,1-5H3/b7-6+/t21-,22+/m0/s1. The molecule has 3 amide bonds. The number of halogens is 1. The minimum Gasteiger partial charge on any atom is -0.310 e. The Morgan fingerprint density at radius 2 is 1.71 bits per heavy atom.